The first-order valence-corrected chi connectivity index (χ1v) is 2.79. The second kappa shape index (κ2) is 42.9. The van der Waals surface area contributed by atoms with Crippen molar-refractivity contribution >= 4 is 0 Å². The van der Waals surface area contributed by atoms with Crippen molar-refractivity contribution in [2.24, 2.45) is 0 Å². The molecule has 1 fully saturated rings. The second-order valence-electron chi connectivity index (χ2n) is 1.98. The average molecular weight is 1750 g/mol. The molecule has 16 heavy (non-hydrogen) atoms. The van der Waals surface area contributed by atoms with E-state index < -0.39 is 0 Å². The fourth-order valence-corrected chi connectivity index (χ4v) is 0.960. The molecule has 1 rings (SSSR count). The smallest absolute Gasteiger partial charge is 0.495 e. The summed E-state index contributed by atoms with van der Waals surface area (Å²) >= 11 is 0. The zero-order valence-corrected chi connectivity index (χ0v) is 34.6. The van der Waals surface area contributed by atoms with Crippen LogP contribution in [0.3, 0.4) is 0 Å². The number of nitrogens with one attached hydrogen (secondary N) is 1. The summed E-state index contributed by atoms with van der Waals surface area (Å²) in [5.41, 5.74) is 0. The Balaban J connectivity index is -0.00000000778. The molecule has 1 aliphatic rings. The van der Waals surface area contributed by atoms with Crippen LogP contribution >= 0.6 is 0 Å². The molecule has 1 aliphatic carbocycles. The Morgan fingerprint density at radius 3 is 1.38 bits per heavy atom. The quantitative estimate of drug-likeness (QED) is 0.389. The maximum atomic E-state index is 3.59. The van der Waals surface area contributed by atoms with Gasteiger partial charge in [0.15, 0.2) is 0 Å². The maximum absolute atomic E-state index is 3.59. The molecule has 1 N–H and O–H groups in total. The van der Waals surface area contributed by atoms with Gasteiger partial charge in [-0.25, -0.2) is 0 Å². The van der Waals surface area contributed by atoms with Crippen molar-refractivity contribution in [3.8, 4) is 0 Å². The number of hydrogen-bond acceptors (Lipinski definition) is 1. The molecule has 0 bridgehead atoms. The monoisotopic (exact) mass is 1750 g/mol. The Labute approximate surface area is 229 Å². The first-order chi connectivity index (χ1) is 3.43. The van der Waals surface area contributed by atoms with Crippen LogP contribution in [0, 0.1) is 13.5 Å². The third-order valence-corrected chi connectivity index (χ3v) is 1.43. The van der Waals surface area contributed by atoms with Crippen LogP contribution in [0.2, 0.25) is 0 Å². The predicted molar refractivity (Wildman–Crippen MR) is 30.4 cm³/mol. The maximum Gasteiger partial charge on any atom is 2.00 e. The summed E-state index contributed by atoms with van der Waals surface area (Å²) in [6.07, 6.45) is 6.18. The van der Waals surface area contributed by atoms with Gasteiger partial charge in [-0.2, -0.15) is 6.42 Å². The van der Waals surface area contributed by atoms with Gasteiger partial charge in [0.05, 0.1) is 0 Å². The standard InChI is InChI=1S/C6H11N.9W/c1-7-6-4-2-3-5-6;;;;;;;;;/h4,6-7H,1-3,5H2;;;;;;;;;/q-2;;;;;;;;;+2. The summed E-state index contributed by atoms with van der Waals surface area (Å²) in [7, 11) is 3.59. The minimum absolute atomic E-state index is 0. The summed E-state index contributed by atoms with van der Waals surface area (Å²) in [6.45, 7) is 0. The van der Waals surface area contributed by atoms with Gasteiger partial charge >= 0.3 is 21.1 Å². The molecular formula is C6H11NW9. The van der Waals surface area contributed by atoms with Crippen molar-refractivity contribution in [2.75, 3.05) is 0 Å². The zero-order valence-electron chi connectivity index (χ0n) is 8.16. The molecule has 0 aromatic carbocycles. The molecule has 1 nitrogen and oxygen atoms in total. The van der Waals surface area contributed by atoms with E-state index in [-0.39, 0.29) is 190 Å². The topological polar surface area (TPSA) is 12.0 Å². The van der Waals surface area contributed by atoms with Crippen molar-refractivity contribution in [3.63, 3.8) is 0 Å². The van der Waals surface area contributed by atoms with Crippen molar-refractivity contribution in [1.82, 2.24) is 5.32 Å². The Morgan fingerprint density at radius 1 is 0.875 bits per heavy atom. The molecule has 0 heterocycles. The number of rotatable bonds is 1. The molecule has 94 valence electrons. The van der Waals surface area contributed by atoms with Gasteiger partial charge in [-0.1, -0.05) is 12.8 Å². The molecule has 1 unspecified atom stereocenters. The Morgan fingerprint density at radius 2 is 1.25 bits per heavy atom. The SMILES string of the molecule is [CH2-]NC1[CH-]CCC1.[W+2].[W].[W].[W].[W].[W].[W].[W].[W]. The van der Waals surface area contributed by atoms with Gasteiger partial charge in [0.1, 0.15) is 0 Å². The fraction of sp³-hybridized carbons (Fsp3) is 0.667. The molecule has 0 saturated heterocycles. The number of hydrogen-bond donors (Lipinski definition) is 1. The summed E-state index contributed by atoms with van der Waals surface area (Å²) in [4.78, 5) is 0. The minimum atomic E-state index is 0. The average Bonchev–Trinajstić information content (AvgIpc) is 2.14. The van der Waals surface area contributed by atoms with Gasteiger partial charge in [0.2, 0.25) is 0 Å². The normalized spacial score (nSPS) is 13.7. The largest absolute Gasteiger partial charge is 2.00 e. The van der Waals surface area contributed by atoms with Crippen LogP contribution in [-0.4, -0.2) is 6.04 Å². The molecular weight excluding hydrogens is 1740 g/mol. The fourth-order valence-electron chi connectivity index (χ4n) is 0.960. The minimum Gasteiger partial charge on any atom is -0.495 e. The van der Waals surface area contributed by atoms with E-state index in [0.717, 1.165) is 0 Å². The van der Waals surface area contributed by atoms with Gasteiger partial charge in [-0.05, 0) is 0 Å². The van der Waals surface area contributed by atoms with E-state index in [1.807, 2.05) is 0 Å². The molecule has 0 radical (unpaired) electrons. The third kappa shape index (κ3) is 32.2. The van der Waals surface area contributed by atoms with Gasteiger partial charge in [-0.3, -0.25) is 7.05 Å². The summed E-state index contributed by atoms with van der Waals surface area (Å²) < 4.78 is 0. The van der Waals surface area contributed by atoms with Crippen LogP contribution in [-0.2, 0) is 190 Å². The van der Waals surface area contributed by atoms with Crippen LogP contribution in [0.4, 0.5) is 0 Å². The summed E-state index contributed by atoms with van der Waals surface area (Å²) in [6, 6.07) is 0.611. The molecule has 1 atom stereocenters. The summed E-state index contributed by atoms with van der Waals surface area (Å²) in [5.74, 6) is 0. The van der Waals surface area contributed by atoms with Gasteiger partial charge < -0.3 is 11.7 Å². The second-order valence-corrected chi connectivity index (χ2v) is 1.98. The molecule has 0 aromatic rings. The van der Waals surface area contributed by atoms with Crippen molar-refractivity contribution < 1.29 is 190 Å². The van der Waals surface area contributed by atoms with Crippen molar-refractivity contribution in [1.29, 1.82) is 0 Å². The van der Waals surface area contributed by atoms with Gasteiger partial charge in [0.25, 0.3) is 0 Å². The Hall–Kier alpha value is 6.15. The summed E-state index contributed by atoms with van der Waals surface area (Å²) in [5, 5.41) is 2.96. The molecule has 0 aliphatic heterocycles. The van der Waals surface area contributed by atoms with E-state index in [9.17, 15) is 0 Å². The molecule has 0 aromatic heterocycles. The first-order valence-electron chi connectivity index (χ1n) is 2.79. The van der Waals surface area contributed by atoms with E-state index in [2.05, 4.69) is 18.8 Å². The van der Waals surface area contributed by atoms with Crippen molar-refractivity contribution in [2.45, 2.75) is 25.3 Å². The van der Waals surface area contributed by atoms with E-state index in [0.29, 0.717) is 6.04 Å². The van der Waals surface area contributed by atoms with Crippen LogP contribution in [0.15, 0.2) is 0 Å². The molecule has 10 heteroatoms. The van der Waals surface area contributed by atoms with Crippen LogP contribution < -0.4 is 5.32 Å². The van der Waals surface area contributed by atoms with Gasteiger partial charge in [-0.15, -0.1) is 6.04 Å². The first kappa shape index (κ1) is 57.3. The predicted octanol–water partition coefficient (Wildman–Crippen LogP) is 1.10. The molecule has 0 amide bonds. The molecule has 1 saturated carbocycles. The van der Waals surface area contributed by atoms with Crippen LogP contribution in [0.1, 0.15) is 19.3 Å². The van der Waals surface area contributed by atoms with E-state index in [1.165, 1.54) is 19.3 Å². The van der Waals surface area contributed by atoms with E-state index in [4.69, 9.17) is 0 Å². The van der Waals surface area contributed by atoms with Crippen molar-refractivity contribution in [3.05, 3.63) is 13.5 Å². The third-order valence-electron chi connectivity index (χ3n) is 1.43. The van der Waals surface area contributed by atoms with E-state index in [1.54, 1.807) is 0 Å². The van der Waals surface area contributed by atoms with Gasteiger partial charge in [0, 0.05) is 169 Å². The zero-order chi connectivity index (χ0) is 5.11. The Kier molecular flexibility index (Phi) is 154. The Bertz CT molecular complexity index is 62.0. The van der Waals surface area contributed by atoms with Crippen LogP contribution in [0.5, 0.6) is 0 Å². The van der Waals surface area contributed by atoms with Crippen LogP contribution in [0.25, 0.3) is 0 Å². The van der Waals surface area contributed by atoms with E-state index >= 15 is 0 Å². The molecule has 0 spiro atoms.